The molecule has 0 aliphatic carbocycles. The van der Waals surface area contributed by atoms with Crippen LogP contribution in [0, 0.1) is 5.92 Å². The van der Waals surface area contributed by atoms with Crippen molar-refractivity contribution in [3.05, 3.63) is 47.9 Å². The average Bonchev–Trinajstić information content (AvgIpc) is 3.35. The molecule has 0 saturated carbocycles. The van der Waals surface area contributed by atoms with Crippen LogP contribution in [-0.4, -0.2) is 33.0 Å². The van der Waals surface area contributed by atoms with Crippen molar-refractivity contribution < 1.29 is 17.9 Å². The SMILES string of the molecule is CC(C)Cn1ncc(-c2cnc(-c3cccc(C(F)(F)F)c3)[nH]2)c1C1CCOCC1. The smallest absolute Gasteiger partial charge is 0.381 e. The summed E-state index contributed by atoms with van der Waals surface area (Å²) in [6.07, 6.45) is 0.961. The van der Waals surface area contributed by atoms with Crippen molar-refractivity contribution >= 4 is 0 Å². The third kappa shape index (κ3) is 4.28. The van der Waals surface area contributed by atoms with E-state index in [1.165, 1.54) is 6.07 Å². The lowest BCUT2D eigenvalue weighted by atomic mass is 9.92. The van der Waals surface area contributed by atoms with Gasteiger partial charge in [0.15, 0.2) is 0 Å². The molecule has 1 aliphatic rings. The van der Waals surface area contributed by atoms with Crippen molar-refractivity contribution in [2.45, 2.75) is 45.3 Å². The first-order valence-electron chi connectivity index (χ1n) is 10.2. The molecule has 1 saturated heterocycles. The molecule has 1 aromatic carbocycles. The summed E-state index contributed by atoms with van der Waals surface area (Å²) in [4.78, 5) is 7.57. The van der Waals surface area contributed by atoms with Gasteiger partial charge < -0.3 is 9.72 Å². The summed E-state index contributed by atoms with van der Waals surface area (Å²) >= 11 is 0. The zero-order valence-corrected chi connectivity index (χ0v) is 17.0. The van der Waals surface area contributed by atoms with E-state index in [-0.39, 0.29) is 0 Å². The summed E-state index contributed by atoms with van der Waals surface area (Å²) < 4.78 is 46.8. The Balaban J connectivity index is 1.70. The van der Waals surface area contributed by atoms with Crippen LogP contribution in [0.5, 0.6) is 0 Å². The van der Waals surface area contributed by atoms with Crippen molar-refractivity contribution in [1.29, 1.82) is 0 Å². The van der Waals surface area contributed by atoms with Gasteiger partial charge in [0.05, 0.1) is 29.3 Å². The van der Waals surface area contributed by atoms with Crippen LogP contribution in [0.25, 0.3) is 22.6 Å². The quantitative estimate of drug-likeness (QED) is 0.595. The number of hydrogen-bond acceptors (Lipinski definition) is 3. The van der Waals surface area contributed by atoms with E-state index in [2.05, 4.69) is 33.6 Å². The predicted molar refractivity (Wildman–Crippen MR) is 108 cm³/mol. The summed E-state index contributed by atoms with van der Waals surface area (Å²) in [5, 5.41) is 4.62. The standard InChI is InChI=1S/C22H25F3N4O/c1-14(2)13-29-20(15-6-8-30-9-7-15)18(11-27-29)19-12-26-21(28-19)16-4-3-5-17(10-16)22(23,24)25/h3-5,10-12,14-15H,6-9,13H2,1-2H3,(H,26,28). The van der Waals surface area contributed by atoms with Gasteiger partial charge in [-0.25, -0.2) is 4.98 Å². The highest BCUT2D eigenvalue weighted by Gasteiger charge is 2.31. The van der Waals surface area contributed by atoms with E-state index in [0.717, 1.165) is 61.7 Å². The van der Waals surface area contributed by atoms with Gasteiger partial charge in [0.25, 0.3) is 0 Å². The van der Waals surface area contributed by atoms with Crippen LogP contribution in [0.4, 0.5) is 13.2 Å². The van der Waals surface area contributed by atoms with E-state index >= 15 is 0 Å². The molecular weight excluding hydrogens is 393 g/mol. The number of aromatic amines is 1. The molecule has 0 amide bonds. The van der Waals surface area contributed by atoms with Gasteiger partial charge in [-0.05, 0) is 30.9 Å². The molecule has 3 heterocycles. The molecule has 2 aromatic heterocycles. The first-order valence-corrected chi connectivity index (χ1v) is 10.2. The Morgan fingerprint density at radius 2 is 1.97 bits per heavy atom. The minimum absolute atomic E-state index is 0.329. The van der Waals surface area contributed by atoms with Gasteiger partial charge in [-0.15, -0.1) is 0 Å². The lowest BCUT2D eigenvalue weighted by molar-refractivity contribution is -0.137. The Bertz CT molecular complexity index is 1000. The summed E-state index contributed by atoms with van der Waals surface area (Å²) in [6.45, 7) is 6.54. The third-order valence-electron chi connectivity index (χ3n) is 5.36. The van der Waals surface area contributed by atoms with Crippen molar-refractivity contribution in [2.24, 2.45) is 5.92 Å². The number of alkyl halides is 3. The molecule has 160 valence electrons. The molecule has 3 aromatic rings. The molecular formula is C22H25F3N4O. The normalized spacial score (nSPS) is 15.8. The Morgan fingerprint density at radius 3 is 2.67 bits per heavy atom. The molecule has 4 rings (SSSR count). The van der Waals surface area contributed by atoms with Crippen LogP contribution >= 0.6 is 0 Å². The Morgan fingerprint density at radius 1 is 1.20 bits per heavy atom. The maximum absolute atomic E-state index is 13.1. The van der Waals surface area contributed by atoms with E-state index < -0.39 is 11.7 Å². The number of H-pyrrole nitrogens is 1. The van der Waals surface area contributed by atoms with Crippen LogP contribution in [-0.2, 0) is 17.5 Å². The number of ether oxygens (including phenoxy) is 1. The van der Waals surface area contributed by atoms with E-state index in [1.807, 2.05) is 6.20 Å². The predicted octanol–water partition coefficient (Wildman–Crippen LogP) is 5.51. The fraction of sp³-hybridized carbons (Fsp3) is 0.455. The second-order valence-corrected chi connectivity index (χ2v) is 8.13. The Labute approximate surface area is 173 Å². The molecule has 30 heavy (non-hydrogen) atoms. The maximum atomic E-state index is 13.1. The van der Waals surface area contributed by atoms with Crippen molar-refractivity contribution in [3.63, 3.8) is 0 Å². The number of rotatable bonds is 5. The lowest BCUT2D eigenvalue weighted by Crippen LogP contribution is -2.19. The second kappa shape index (κ2) is 8.26. The van der Waals surface area contributed by atoms with Gasteiger partial charge in [0.1, 0.15) is 5.82 Å². The molecule has 0 atom stereocenters. The highest BCUT2D eigenvalue weighted by atomic mass is 19.4. The van der Waals surface area contributed by atoms with Gasteiger partial charge in [-0.3, -0.25) is 4.68 Å². The fourth-order valence-corrected chi connectivity index (χ4v) is 3.94. The molecule has 0 spiro atoms. The van der Waals surface area contributed by atoms with E-state index in [1.54, 1.807) is 12.3 Å². The molecule has 1 fully saturated rings. The zero-order valence-electron chi connectivity index (χ0n) is 17.0. The van der Waals surface area contributed by atoms with Crippen LogP contribution in [0.15, 0.2) is 36.7 Å². The van der Waals surface area contributed by atoms with Gasteiger partial charge in [0, 0.05) is 36.8 Å². The second-order valence-electron chi connectivity index (χ2n) is 8.13. The average molecular weight is 418 g/mol. The number of nitrogens with one attached hydrogen (secondary N) is 1. The van der Waals surface area contributed by atoms with Crippen LogP contribution in [0.1, 0.15) is 43.9 Å². The van der Waals surface area contributed by atoms with Crippen LogP contribution in [0.3, 0.4) is 0 Å². The first-order chi connectivity index (χ1) is 14.3. The number of aromatic nitrogens is 4. The van der Waals surface area contributed by atoms with Gasteiger partial charge in [0.2, 0.25) is 0 Å². The molecule has 1 N–H and O–H groups in total. The highest BCUT2D eigenvalue weighted by molar-refractivity contribution is 5.66. The number of hydrogen-bond donors (Lipinski definition) is 1. The Hall–Kier alpha value is -2.61. The molecule has 1 aliphatic heterocycles. The molecule has 5 nitrogen and oxygen atoms in total. The number of imidazole rings is 1. The van der Waals surface area contributed by atoms with Crippen molar-refractivity contribution in [1.82, 2.24) is 19.7 Å². The van der Waals surface area contributed by atoms with E-state index in [9.17, 15) is 13.2 Å². The van der Waals surface area contributed by atoms with Crippen molar-refractivity contribution in [3.8, 4) is 22.6 Å². The van der Waals surface area contributed by atoms with Crippen LogP contribution in [0.2, 0.25) is 0 Å². The monoisotopic (exact) mass is 418 g/mol. The first kappa shape index (κ1) is 20.7. The topological polar surface area (TPSA) is 55.7 Å². The summed E-state index contributed by atoms with van der Waals surface area (Å²) in [7, 11) is 0. The molecule has 0 bridgehead atoms. The minimum atomic E-state index is -4.39. The highest BCUT2D eigenvalue weighted by Crippen LogP contribution is 2.36. The lowest BCUT2D eigenvalue weighted by Gasteiger charge is -2.24. The van der Waals surface area contributed by atoms with E-state index in [4.69, 9.17) is 4.74 Å². The van der Waals surface area contributed by atoms with Crippen LogP contribution < -0.4 is 0 Å². The minimum Gasteiger partial charge on any atom is -0.381 e. The van der Waals surface area contributed by atoms with Gasteiger partial charge in [-0.1, -0.05) is 26.0 Å². The molecule has 0 radical (unpaired) electrons. The summed E-state index contributed by atoms with van der Waals surface area (Å²) in [5.74, 6) is 1.18. The number of nitrogens with zero attached hydrogens (tertiary/aromatic N) is 3. The number of benzene rings is 1. The summed E-state index contributed by atoms with van der Waals surface area (Å²) in [6, 6.07) is 5.20. The van der Waals surface area contributed by atoms with Crippen molar-refractivity contribution in [2.75, 3.05) is 13.2 Å². The molecule has 0 unspecified atom stereocenters. The Kier molecular flexibility index (Phi) is 5.69. The number of halogens is 3. The maximum Gasteiger partial charge on any atom is 0.416 e. The van der Waals surface area contributed by atoms with E-state index in [0.29, 0.717) is 23.2 Å². The molecule has 8 heteroatoms. The fourth-order valence-electron chi connectivity index (χ4n) is 3.94. The van der Waals surface area contributed by atoms with Gasteiger partial charge in [-0.2, -0.15) is 18.3 Å². The van der Waals surface area contributed by atoms with Gasteiger partial charge >= 0.3 is 6.18 Å². The zero-order chi connectivity index (χ0) is 21.3. The third-order valence-corrected chi connectivity index (χ3v) is 5.36. The largest absolute Gasteiger partial charge is 0.416 e. The summed E-state index contributed by atoms with van der Waals surface area (Å²) in [5.41, 5.74) is 2.57.